The zero-order valence-electron chi connectivity index (χ0n) is 17.1. The van der Waals surface area contributed by atoms with Crippen LogP contribution in [0.4, 0.5) is 0 Å². The molecule has 4 rings (SSSR count). The number of hydrogen-bond donors (Lipinski definition) is 2. The molecule has 0 spiro atoms. The van der Waals surface area contributed by atoms with Gasteiger partial charge in [0.1, 0.15) is 0 Å². The molecule has 176 valence electrons. The third-order valence-corrected chi connectivity index (χ3v) is 9.86. The number of nitrogens with one attached hydrogen (secondary N) is 2. The van der Waals surface area contributed by atoms with Gasteiger partial charge in [0.2, 0.25) is 11.8 Å². The summed E-state index contributed by atoms with van der Waals surface area (Å²) in [6.45, 7) is -0.703. The second-order valence-electron chi connectivity index (χ2n) is 8.25. The van der Waals surface area contributed by atoms with Gasteiger partial charge in [-0.25, -0.2) is 0 Å². The van der Waals surface area contributed by atoms with Gasteiger partial charge in [0.25, 0.3) is 11.8 Å². The summed E-state index contributed by atoms with van der Waals surface area (Å²) in [6, 6.07) is 6.04. The standard InChI is InChI=1S/C21H20Br2ClN3O6/c22-17-11-7-12(18(17)23)16-15(11)20(31)27(21(16)32)6-5-14(29)33-8-13(28)25-26-19(30)9-1-3-10(24)4-2-9/h1-4,11-12,15-18H,5-8H2,(H,25,28)(H,26,30)/t11-,12-,15-,16-,17-,18+/m1/s1. The Balaban J connectivity index is 1.20. The average Bonchev–Trinajstić information content (AvgIpc) is 3.40. The maximum absolute atomic E-state index is 12.8. The quantitative estimate of drug-likeness (QED) is 0.221. The Morgan fingerprint density at radius 2 is 1.58 bits per heavy atom. The van der Waals surface area contributed by atoms with Crippen LogP contribution in [0.3, 0.4) is 0 Å². The fourth-order valence-electron chi connectivity index (χ4n) is 4.89. The molecule has 3 fully saturated rings. The molecule has 2 bridgehead atoms. The van der Waals surface area contributed by atoms with Crippen molar-refractivity contribution in [1.82, 2.24) is 15.8 Å². The molecule has 9 nitrogen and oxygen atoms in total. The van der Waals surface area contributed by atoms with Crippen molar-refractivity contribution in [3.05, 3.63) is 34.9 Å². The molecule has 0 radical (unpaired) electrons. The molecule has 1 aromatic carbocycles. The fourth-order valence-corrected chi connectivity index (χ4v) is 6.89. The molecule has 12 heteroatoms. The number of alkyl halides is 2. The summed E-state index contributed by atoms with van der Waals surface area (Å²) in [5, 5.41) is 0.468. The topological polar surface area (TPSA) is 122 Å². The summed E-state index contributed by atoms with van der Waals surface area (Å²) in [6.07, 6.45) is 0.615. The lowest BCUT2D eigenvalue weighted by Gasteiger charge is -2.28. The summed E-state index contributed by atoms with van der Waals surface area (Å²) < 4.78 is 4.89. The van der Waals surface area contributed by atoms with Crippen LogP contribution in [0, 0.1) is 23.7 Å². The number of hydrogen-bond acceptors (Lipinski definition) is 6. The molecule has 1 aromatic rings. The number of carbonyl (C=O) groups excluding carboxylic acids is 5. The van der Waals surface area contributed by atoms with Crippen LogP contribution in [-0.4, -0.2) is 57.3 Å². The summed E-state index contributed by atoms with van der Waals surface area (Å²) in [5.74, 6) is -2.99. The van der Waals surface area contributed by atoms with Gasteiger partial charge >= 0.3 is 5.97 Å². The van der Waals surface area contributed by atoms with Gasteiger partial charge in [-0.15, -0.1) is 0 Å². The van der Waals surface area contributed by atoms with Crippen LogP contribution in [0.5, 0.6) is 0 Å². The smallest absolute Gasteiger partial charge is 0.308 e. The number of benzene rings is 1. The van der Waals surface area contributed by atoms with E-state index in [1.54, 1.807) is 0 Å². The number of halogens is 3. The van der Waals surface area contributed by atoms with Crippen LogP contribution < -0.4 is 10.9 Å². The fraction of sp³-hybridized carbons (Fsp3) is 0.476. The van der Waals surface area contributed by atoms with Crippen molar-refractivity contribution in [2.75, 3.05) is 13.2 Å². The van der Waals surface area contributed by atoms with E-state index in [0.29, 0.717) is 5.02 Å². The third kappa shape index (κ3) is 4.67. The van der Waals surface area contributed by atoms with E-state index in [1.807, 2.05) is 0 Å². The molecule has 2 aliphatic carbocycles. The number of rotatable bonds is 6. The first kappa shape index (κ1) is 24.2. The van der Waals surface area contributed by atoms with Crippen LogP contribution in [-0.2, 0) is 23.9 Å². The number of amides is 4. The minimum Gasteiger partial charge on any atom is -0.455 e. The van der Waals surface area contributed by atoms with E-state index < -0.39 is 24.4 Å². The number of likely N-dealkylation sites (tertiary alicyclic amines) is 1. The molecule has 0 unspecified atom stereocenters. The van der Waals surface area contributed by atoms with E-state index in [1.165, 1.54) is 24.3 Å². The van der Waals surface area contributed by atoms with Crippen molar-refractivity contribution < 1.29 is 28.7 Å². The van der Waals surface area contributed by atoms with E-state index in [2.05, 4.69) is 42.7 Å². The third-order valence-electron chi connectivity index (χ3n) is 6.40. The van der Waals surface area contributed by atoms with Gasteiger partial charge in [0, 0.05) is 26.8 Å². The Labute approximate surface area is 211 Å². The highest BCUT2D eigenvalue weighted by atomic mass is 79.9. The van der Waals surface area contributed by atoms with Crippen LogP contribution >= 0.6 is 43.5 Å². The van der Waals surface area contributed by atoms with Crippen LogP contribution in [0.1, 0.15) is 23.2 Å². The van der Waals surface area contributed by atoms with Gasteiger partial charge in [0.15, 0.2) is 6.61 Å². The maximum Gasteiger partial charge on any atom is 0.308 e. The molecule has 2 N–H and O–H groups in total. The second kappa shape index (κ2) is 9.71. The van der Waals surface area contributed by atoms with E-state index in [0.717, 1.165) is 11.3 Å². The lowest BCUT2D eigenvalue weighted by Crippen LogP contribution is -2.43. The molecule has 0 aromatic heterocycles. The maximum atomic E-state index is 12.8. The number of carbonyl (C=O) groups is 5. The van der Waals surface area contributed by atoms with E-state index in [9.17, 15) is 24.0 Å². The Kier molecular flexibility index (Phi) is 7.11. The van der Waals surface area contributed by atoms with Crippen molar-refractivity contribution in [3.8, 4) is 0 Å². The lowest BCUT2D eigenvalue weighted by molar-refractivity contribution is -0.150. The lowest BCUT2D eigenvalue weighted by atomic mass is 9.81. The molecule has 1 saturated heterocycles. The largest absolute Gasteiger partial charge is 0.455 e. The number of esters is 1. The number of fused-ring (bicyclic) bond motifs is 5. The molecule has 4 amide bonds. The Bertz CT molecular complexity index is 974. The Morgan fingerprint density at radius 3 is 2.15 bits per heavy atom. The van der Waals surface area contributed by atoms with Gasteiger partial charge in [-0.3, -0.25) is 39.7 Å². The van der Waals surface area contributed by atoms with Crippen molar-refractivity contribution in [1.29, 1.82) is 0 Å². The van der Waals surface area contributed by atoms with E-state index in [4.69, 9.17) is 16.3 Å². The predicted molar refractivity (Wildman–Crippen MR) is 123 cm³/mol. The molecule has 33 heavy (non-hydrogen) atoms. The van der Waals surface area contributed by atoms with Crippen LogP contribution in [0.2, 0.25) is 5.02 Å². The van der Waals surface area contributed by atoms with Gasteiger partial charge in [0.05, 0.1) is 18.3 Å². The van der Waals surface area contributed by atoms with Crippen LogP contribution in [0.25, 0.3) is 0 Å². The van der Waals surface area contributed by atoms with Crippen molar-refractivity contribution in [2.24, 2.45) is 23.7 Å². The summed E-state index contributed by atoms with van der Waals surface area (Å²) in [4.78, 5) is 62.8. The Morgan fingerprint density at radius 1 is 1.00 bits per heavy atom. The monoisotopic (exact) mass is 603 g/mol. The number of hydrazine groups is 1. The summed E-state index contributed by atoms with van der Waals surface area (Å²) >= 11 is 13.0. The van der Waals surface area contributed by atoms with Gasteiger partial charge in [-0.2, -0.15) is 0 Å². The molecule has 2 saturated carbocycles. The first-order chi connectivity index (χ1) is 15.7. The molecular formula is C21H20Br2ClN3O6. The van der Waals surface area contributed by atoms with Gasteiger partial charge < -0.3 is 4.74 Å². The van der Waals surface area contributed by atoms with Gasteiger partial charge in [-0.1, -0.05) is 43.5 Å². The predicted octanol–water partition coefficient (Wildman–Crippen LogP) is 1.81. The zero-order chi connectivity index (χ0) is 23.9. The average molecular weight is 606 g/mol. The number of nitrogens with zero attached hydrogens (tertiary/aromatic N) is 1. The molecule has 1 aliphatic heterocycles. The van der Waals surface area contributed by atoms with Gasteiger partial charge in [-0.05, 0) is 42.5 Å². The highest BCUT2D eigenvalue weighted by molar-refractivity contribution is 9.12. The zero-order valence-corrected chi connectivity index (χ0v) is 21.1. The van der Waals surface area contributed by atoms with Crippen molar-refractivity contribution in [2.45, 2.75) is 22.5 Å². The highest BCUT2D eigenvalue weighted by Gasteiger charge is 2.66. The summed E-state index contributed by atoms with van der Waals surface area (Å²) in [7, 11) is 0. The normalized spacial score (nSPS) is 29.7. The first-order valence-corrected chi connectivity index (χ1v) is 12.5. The summed E-state index contributed by atoms with van der Waals surface area (Å²) in [5.41, 5.74) is 4.62. The molecular weight excluding hydrogens is 586 g/mol. The minimum atomic E-state index is -0.739. The van der Waals surface area contributed by atoms with E-state index in [-0.39, 0.29) is 63.7 Å². The van der Waals surface area contributed by atoms with E-state index >= 15 is 0 Å². The molecule has 1 heterocycles. The first-order valence-electron chi connectivity index (χ1n) is 10.3. The second-order valence-corrected chi connectivity index (χ2v) is 10.8. The SMILES string of the molecule is O=C(COC(=O)CCN1C(=O)[C@@H]2[C@H]3C[C@@H]([C@@H](Br)[C@H]3Br)[C@H]2C1=O)NNC(=O)c1ccc(Cl)cc1. The Hall–Kier alpha value is -1.98. The number of ether oxygens (including phenoxy) is 1. The minimum absolute atomic E-state index is 0.0855. The van der Waals surface area contributed by atoms with Crippen molar-refractivity contribution >= 4 is 73.1 Å². The van der Waals surface area contributed by atoms with Crippen LogP contribution in [0.15, 0.2) is 24.3 Å². The number of imide groups is 1. The molecule has 3 aliphatic rings. The van der Waals surface area contributed by atoms with Crippen molar-refractivity contribution in [3.63, 3.8) is 0 Å². The highest BCUT2D eigenvalue weighted by Crippen LogP contribution is 2.60. The molecule has 6 atom stereocenters.